The third kappa shape index (κ3) is 6.81. The Morgan fingerprint density at radius 2 is 1.71 bits per heavy atom. The first-order valence-corrected chi connectivity index (χ1v) is 9.77. The number of carbonyl (C=O) groups excluding carboxylic acids is 3. The molecule has 2 N–H and O–H groups in total. The highest BCUT2D eigenvalue weighted by Gasteiger charge is 2.11. The van der Waals surface area contributed by atoms with Crippen molar-refractivity contribution in [2.24, 2.45) is 0 Å². The van der Waals surface area contributed by atoms with Crippen molar-refractivity contribution in [2.45, 2.75) is 26.7 Å². The molecule has 28 heavy (non-hydrogen) atoms. The Hall–Kier alpha value is -2.67. The van der Waals surface area contributed by atoms with Gasteiger partial charge in [-0.05, 0) is 61.9 Å². The fourth-order valence-corrected chi connectivity index (χ4v) is 2.98. The van der Waals surface area contributed by atoms with Crippen molar-refractivity contribution < 1.29 is 19.1 Å². The van der Waals surface area contributed by atoms with Gasteiger partial charge in [0.25, 0.3) is 0 Å². The molecular formula is C21H23BrN2O4. The quantitative estimate of drug-likeness (QED) is 0.572. The summed E-state index contributed by atoms with van der Waals surface area (Å²) in [6, 6.07) is 12.3. The van der Waals surface area contributed by atoms with Crippen LogP contribution in [0.3, 0.4) is 0 Å². The van der Waals surface area contributed by atoms with Gasteiger partial charge in [-0.3, -0.25) is 14.4 Å². The standard InChI is InChI=1S/C21H23BrN2O4/c1-3-28-17-7-4-15(5-8-17)19(25)10-11-20(26)23-13-21(27)24-18-9-6-16(22)12-14(18)2/h4-9,12H,3,10-11,13H2,1-2H3,(H,23,26)(H,24,27). The minimum absolute atomic E-state index is 0.0244. The highest BCUT2D eigenvalue weighted by atomic mass is 79.9. The number of amides is 2. The van der Waals surface area contributed by atoms with Crippen molar-refractivity contribution >= 4 is 39.2 Å². The second kappa shape index (κ2) is 10.6. The predicted molar refractivity (Wildman–Crippen MR) is 112 cm³/mol. The topological polar surface area (TPSA) is 84.5 Å². The van der Waals surface area contributed by atoms with Crippen LogP contribution >= 0.6 is 15.9 Å². The number of Topliss-reactive ketones (excluding diaryl/α,β-unsaturated/α-hetero) is 1. The zero-order chi connectivity index (χ0) is 20.5. The van der Waals surface area contributed by atoms with E-state index in [-0.39, 0.29) is 37.0 Å². The molecule has 0 aromatic heterocycles. The Morgan fingerprint density at radius 3 is 2.36 bits per heavy atom. The molecule has 0 aliphatic rings. The first kappa shape index (κ1) is 21.6. The van der Waals surface area contributed by atoms with Crippen molar-refractivity contribution in [2.75, 3.05) is 18.5 Å². The number of benzene rings is 2. The maximum absolute atomic E-state index is 12.2. The SMILES string of the molecule is CCOc1ccc(C(=O)CCC(=O)NCC(=O)Nc2ccc(Br)cc2C)cc1. The summed E-state index contributed by atoms with van der Waals surface area (Å²) in [4.78, 5) is 36.1. The predicted octanol–water partition coefficient (Wildman–Crippen LogP) is 3.87. The monoisotopic (exact) mass is 446 g/mol. The second-order valence-electron chi connectivity index (χ2n) is 6.16. The van der Waals surface area contributed by atoms with Crippen LogP contribution in [0.25, 0.3) is 0 Å². The Morgan fingerprint density at radius 1 is 1.00 bits per heavy atom. The molecule has 0 radical (unpaired) electrons. The van der Waals surface area contributed by atoms with E-state index in [4.69, 9.17) is 4.74 Å². The van der Waals surface area contributed by atoms with Gasteiger partial charge < -0.3 is 15.4 Å². The number of carbonyl (C=O) groups is 3. The van der Waals surface area contributed by atoms with Crippen molar-refractivity contribution in [3.8, 4) is 5.75 Å². The van der Waals surface area contributed by atoms with Crippen LogP contribution in [0.5, 0.6) is 5.75 Å². The Labute approximate surface area is 172 Å². The molecule has 0 aliphatic carbocycles. The van der Waals surface area contributed by atoms with Crippen LogP contribution in [0.1, 0.15) is 35.7 Å². The summed E-state index contributed by atoms with van der Waals surface area (Å²) in [5.41, 5.74) is 2.13. The van der Waals surface area contributed by atoms with Gasteiger partial charge >= 0.3 is 0 Å². The van der Waals surface area contributed by atoms with E-state index >= 15 is 0 Å². The fraction of sp³-hybridized carbons (Fsp3) is 0.286. The molecule has 0 fully saturated rings. The molecule has 0 aliphatic heterocycles. The van der Waals surface area contributed by atoms with E-state index in [1.807, 2.05) is 26.0 Å². The van der Waals surface area contributed by atoms with E-state index in [1.165, 1.54) is 0 Å². The summed E-state index contributed by atoms with van der Waals surface area (Å²) >= 11 is 3.36. The molecule has 0 unspecified atom stereocenters. The Balaban J connectivity index is 1.74. The summed E-state index contributed by atoms with van der Waals surface area (Å²) in [5.74, 6) is -0.101. The Bertz CT molecular complexity index is 850. The smallest absolute Gasteiger partial charge is 0.243 e. The third-order valence-electron chi connectivity index (χ3n) is 3.98. The molecule has 7 heteroatoms. The van der Waals surface area contributed by atoms with Crippen molar-refractivity contribution in [1.29, 1.82) is 0 Å². The molecular weight excluding hydrogens is 424 g/mol. The number of aryl methyl sites for hydroxylation is 1. The number of ether oxygens (including phenoxy) is 1. The summed E-state index contributed by atoms with van der Waals surface area (Å²) in [6.07, 6.45) is 0.101. The molecule has 2 amide bonds. The van der Waals surface area contributed by atoms with E-state index in [2.05, 4.69) is 26.6 Å². The lowest BCUT2D eigenvalue weighted by Crippen LogP contribution is -2.33. The molecule has 0 heterocycles. The van der Waals surface area contributed by atoms with Crippen LogP contribution in [0, 0.1) is 6.92 Å². The van der Waals surface area contributed by atoms with Gasteiger partial charge in [-0.25, -0.2) is 0 Å². The molecule has 2 rings (SSSR count). The van der Waals surface area contributed by atoms with Gasteiger partial charge in [-0.15, -0.1) is 0 Å². The molecule has 0 spiro atoms. The first-order valence-electron chi connectivity index (χ1n) is 8.97. The van der Waals surface area contributed by atoms with E-state index in [0.717, 1.165) is 10.0 Å². The lowest BCUT2D eigenvalue weighted by Gasteiger charge is -2.09. The molecule has 2 aromatic rings. The molecule has 0 bridgehead atoms. The summed E-state index contributed by atoms with van der Waals surface area (Å²) in [7, 11) is 0. The Kier molecular flexibility index (Phi) is 8.19. The van der Waals surface area contributed by atoms with E-state index in [1.54, 1.807) is 30.3 Å². The van der Waals surface area contributed by atoms with Gasteiger partial charge in [0, 0.05) is 28.6 Å². The van der Waals surface area contributed by atoms with Gasteiger partial charge in [0.05, 0.1) is 13.2 Å². The molecule has 0 atom stereocenters. The second-order valence-corrected chi connectivity index (χ2v) is 7.08. The number of hydrogen-bond donors (Lipinski definition) is 2. The lowest BCUT2D eigenvalue weighted by atomic mass is 10.1. The minimum atomic E-state index is -0.345. The number of ketones is 1. The molecule has 0 saturated carbocycles. The molecule has 0 saturated heterocycles. The van der Waals surface area contributed by atoms with Gasteiger partial charge in [0.2, 0.25) is 11.8 Å². The van der Waals surface area contributed by atoms with Crippen molar-refractivity contribution in [3.05, 3.63) is 58.1 Å². The van der Waals surface area contributed by atoms with Gasteiger partial charge in [0.15, 0.2) is 5.78 Å². The maximum Gasteiger partial charge on any atom is 0.243 e. The number of anilines is 1. The maximum atomic E-state index is 12.2. The first-order chi connectivity index (χ1) is 13.4. The average molecular weight is 447 g/mol. The van der Waals surface area contributed by atoms with Crippen molar-refractivity contribution in [3.63, 3.8) is 0 Å². The highest BCUT2D eigenvalue weighted by molar-refractivity contribution is 9.10. The molecule has 6 nitrogen and oxygen atoms in total. The van der Waals surface area contributed by atoms with E-state index in [0.29, 0.717) is 23.6 Å². The van der Waals surface area contributed by atoms with Gasteiger partial charge in [-0.2, -0.15) is 0 Å². The summed E-state index contributed by atoms with van der Waals surface area (Å²) < 4.78 is 6.26. The van der Waals surface area contributed by atoms with Gasteiger partial charge in [-0.1, -0.05) is 15.9 Å². The zero-order valence-corrected chi connectivity index (χ0v) is 17.5. The lowest BCUT2D eigenvalue weighted by molar-refractivity contribution is -0.124. The third-order valence-corrected chi connectivity index (χ3v) is 4.47. The van der Waals surface area contributed by atoms with Crippen molar-refractivity contribution in [1.82, 2.24) is 5.32 Å². The van der Waals surface area contributed by atoms with Crippen LogP contribution in [-0.2, 0) is 9.59 Å². The fourth-order valence-electron chi connectivity index (χ4n) is 2.50. The van der Waals surface area contributed by atoms with Gasteiger partial charge in [0.1, 0.15) is 5.75 Å². The summed E-state index contributed by atoms with van der Waals surface area (Å²) in [5, 5.41) is 5.28. The van der Waals surface area contributed by atoms with Crippen LogP contribution in [0.15, 0.2) is 46.9 Å². The molecule has 148 valence electrons. The molecule has 2 aromatic carbocycles. The highest BCUT2D eigenvalue weighted by Crippen LogP contribution is 2.19. The van der Waals surface area contributed by atoms with Crippen LogP contribution < -0.4 is 15.4 Å². The van der Waals surface area contributed by atoms with E-state index in [9.17, 15) is 14.4 Å². The zero-order valence-electron chi connectivity index (χ0n) is 15.9. The van der Waals surface area contributed by atoms with Crippen LogP contribution in [0.4, 0.5) is 5.69 Å². The number of halogens is 1. The number of rotatable bonds is 9. The number of hydrogen-bond acceptors (Lipinski definition) is 4. The van der Waals surface area contributed by atoms with Crippen LogP contribution in [0.2, 0.25) is 0 Å². The van der Waals surface area contributed by atoms with Crippen LogP contribution in [-0.4, -0.2) is 30.7 Å². The largest absolute Gasteiger partial charge is 0.494 e. The normalized spacial score (nSPS) is 10.2. The summed E-state index contributed by atoms with van der Waals surface area (Å²) in [6.45, 7) is 4.18. The number of nitrogens with one attached hydrogen (secondary N) is 2. The average Bonchev–Trinajstić information content (AvgIpc) is 2.67. The van der Waals surface area contributed by atoms with E-state index < -0.39 is 0 Å². The minimum Gasteiger partial charge on any atom is -0.494 e.